The second kappa shape index (κ2) is 6.41. The molecule has 0 aliphatic rings. The summed E-state index contributed by atoms with van der Waals surface area (Å²) in [5, 5.41) is 0. The molecule has 0 aliphatic heterocycles. The van der Waals surface area contributed by atoms with Crippen molar-refractivity contribution in [2.75, 3.05) is 3.94 Å². The third kappa shape index (κ3) is 3.60. The zero-order valence-electron chi connectivity index (χ0n) is 9.96. The molecule has 4 heteroatoms. The Kier molecular flexibility index (Phi) is 4.61. The van der Waals surface area contributed by atoms with Gasteiger partial charge in [-0.1, -0.05) is 48.5 Å². The van der Waals surface area contributed by atoms with Crippen LogP contribution in [0.2, 0.25) is 0 Å². The zero-order valence-corrected chi connectivity index (χ0v) is 11.5. The van der Waals surface area contributed by atoms with Crippen LogP contribution in [0.25, 0.3) is 6.08 Å². The normalized spacial score (nSPS) is 10.6. The van der Waals surface area contributed by atoms with E-state index in [4.69, 9.17) is 23.6 Å². The highest BCUT2D eigenvalue weighted by Crippen LogP contribution is 2.25. The average Bonchev–Trinajstić information content (AvgIpc) is 2.46. The van der Waals surface area contributed by atoms with Crippen LogP contribution < -0.4 is 3.94 Å². The van der Waals surface area contributed by atoms with Crippen LogP contribution >= 0.6 is 23.6 Å². The minimum absolute atomic E-state index is 0.0638. The van der Waals surface area contributed by atoms with Crippen molar-refractivity contribution in [1.82, 2.24) is 0 Å². The van der Waals surface area contributed by atoms with Crippen molar-refractivity contribution < 1.29 is 4.79 Å². The highest BCUT2D eigenvalue weighted by molar-refractivity contribution is 6.49. The topological polar surface area (TPSA) is 20.3 Å². The lowest BCUT2D eigenvalue weighted by Crippen LogP contribution is -1.96. The molecule has 0 N–H and O–H groups in total. The fourth-order valence-corrected chi connectivity index (χ4v) is 1.95. The van der Waals surface area contributed by atoms with E-state index in [-0.39, 0.29) is 5.78 Å². The largest absolute Gasteiger partial charge is 0.289 e. The van der Waals surface area contributed by atoms with Crippen LogP contribution in [0.1, 0.15) is 15.9 Å². The second-order valence-corrected chi connectivity index (χ2v) is 4.70. The van der Waals surface area contributed by atoms with Crippen molar-refractivity contribution in [1.29, 1.82) is 0 Å². The van der Waals surface area contributed by atoms with Gasteiger partial charge in [0.05, 0.1) is 5.69 Å². The molecule has 0 spiro atoms. The molecule has 0 aromatic heterocycles. The first-order chi connectivity index (χ1) is 9.18. The molecule has 0 saturated heterocycles. The van der Waals surface area contributed by atoms with Crippen LogP contribution in [0.3, 0.4) is 0 Å². The van der Waals surface area contributed by atoms with E-state index in [1.165, 1.54) is 6.08 Å². The van der Waals surface area contributed by atoms with Gasteiger partial charge in [-0.2, -0.15) is 3.94 Å². The summed E-state index contributed by atoms with van der Waals surface area (Å²) in [7, 11) is 0. The molecule has 0 atom stereocenters. The molecule has 0 saturated carbocycles. The number of hydrogen-bond donors (Lipinski definition) is 0. The lowest BCUT2D eigenvalue weighted by molar-refractivity contribution is 0.104. The molecule has 2 aromatic carbocycles. The molecule has 2 aromatic rings. The van der Waals surface area contributed by atoms with E-state index in [9.17, 15) is 4.79 Å². The summed E-state index contributed by atoms with van der Waals surface area (Å²) in [5.74, 6) is -0.0638. The number of benzene rings is 2. The van der Waals surface area contributed by atoms with Crippen LogP contribution in [0, 0.1) is 0 Å². The molecule has 0 heterocycles. The fourth-order valence-electron chi connectivity index (χ4n) is 1.65. The SMILES string of the molecule is O=C(C=Cc1ccccc1N(Cl)Cl)c1ccccc1. The number of rotatable bonds is 4. The summed E-state index contributed by atoms with van der Waals surface area (Å²) in [6, 6.07) is 16.4. The van der Waals surface area contributed by atoms with Crippen molar-refractivity contribution in [3.05, 3.63) is 71.8 Å². The number of carbonyl (C=O) groups is 1. The number of ketones is 1. The number of hydrogen-bond acceptors (Lipinski definition) is 2. The molecule has 96 valence electrons. The van der Waals surface area contributed by atoms with Gasteiger partial charge in [0.15, 0.2) is 5.78 Å². The summed E-state index contributed by atoms with van der Waals surface area (Å²) >= 11 is 11.4. The maximum Gasteiger partial charge on any atom is 0.185 e. The standard InChI is InChI=1S/C15H11Cl2NO/c16-18(17)14-9-5-4-6-12(14)10-11-15(19)13-7-2-1-3-8-13/h1-11H. The van der Waals surface area contributed by atoms with E-state index in [0.29, 0.717) is 11.3 Å². The van der Waals surface area contributed by atoms with Gasteiger partial charge in [-0.15, -0.1) is 0 Å². The predicted molar refractivity (Wildman–Crippen MR) is 80.4 cm³/mol. The van der Waals surface area contributed by atoms with Crippen LogP contribution in [0.15, 0.2) is 60.7 Å². The molecule has 19 heavy (non-hydrogen) atoms. The van der Waals surface area contributed by atoms with E-state index < -0.39 is 0 Å². The van der Waals surface area contributed by atoms with Crippen LogP contribution in [0.4, 0.5) is 5.69 Å². The Morgan fingerprint density at radius 1 is 0.947 bits per heavy atom. The van der Waals surface area contributed by atoms with E-state index in [2.05, 4.69) is 0 Å². The zero-order chi connectivity index (χ0) is 13.7. The summed E-state index contributed by atoms with van der Waals surface area (Å²) in [5.41, 5.74) is 2.05. The van der Waals surface area contributed by atoms with Gasteiger partial charge in [0.2, 0.25) is 0 Å². The van der Waals surface area contributed by atoms with Gasteiger partial charge in [0.25, 0.3) is 0 Å². The second-order valence-electron chi connectivity index (χ2n) is 3.86. The van der Waals surface area contributed by atoms with Crippen LogP contribution in [-0.2, 0) is 0 Å². The number of allylic oxidation sites excluding steroid dienone is 1. The highest BCUT2D eigenvalue weighted by Gasteiger charge is 2.05. The van der Waals surface area contributed by atoms with E-state index in [1.807, 2.05) is 36.4 Å². The first-order valence-electron chi connectivity index (χ1n) is 5.66. The lowest BCUT2D eigenvalue weighted by atomic mass is 10.1. The van der Waals surface area contributed by atoms with Crippen molar-refractivity contribution in [3.8, 4) is 0 Å². The minimum atomic E-state index is -0.0638. The Morgan fingerprint density at radius 3 is 2.26 bits per heavy atom. The maximum atomic E-state index is 11.9. The van der Waals surface area contributed by atoms with Gasteiger partial charge in [-0.3, -0.25) is 4.79 Å². The number of nitrogens with zero attached hydrogens (tertiary/aromatic N) is 1. The maximum absolute atomic E-state index is 11.9. The Labute approximate surface area is 122 Å². The summed E-state index contributed by atoms with van der Waals surface area (Å²) in [6.45, 7) is 0. The molecule has 2 rings (SSSR count). The molecule has 0 aliphatic carbocycles. The summed E-state index contributed by atoms with van der Waals surface area (Å²) < 4.78 is 0.979. The smallest absolute Gasteiger partial charge is 0.185 e. The van der Waals surface area contributed by atoms with Gasteiger partial charge in [0.1, 0.15) is 0 Å². The van der Waals surface area contributed by atoms with Crippen molar-refractivity contribution in [2.24, 2.45) is 0 Å². The Hall–Kier alpha value is -1.77. The fraction of sp³-hybridized carbons (Fsp3) is 0. The molecule has 0 radical (unpaired) electrons. The Bertz CT molecular complexity index is 594. The Morgan fingerprint density at radius 2 is 1.58 bits per heavy atom. The molecular formula is C15H11Cl2NO. The van der Waals surface area contributed by atoms with Crippen molar-refractivity contribution in [3.63, 3.8) is 0 Å². The Balaban J connectivity index is 2.22. The van der Waals surface area contributed by atoms with Crippen molar-refractivity contribution in [2.45, 2.75) is 0 Å². The number of carbonyl (C=O) groups excluding carboxylic acids is 1. The quantitative estimate of drug-likeness (QED) is 0.462. The highest BCUT2D eigenvalue weighted by atomic mass is 35.5. The van der Waals surface area contributed by atoms with Crippen LogP contribution in [-0.4, -0.2) is 5.78 Å². The third-order valence-electron chi connectivity index (χ3n) is 2.59. The number of para-hydroxylation sites is 1. The summed E-state index contributed by atoms with van der Waals surface area (Å²) in [6.07, 6.45) is 3.20. The first-order valence-corrected chi connectivity index (χ1v) is 6.34. The monoisotopic (exact) mass is 291 g/mol. The minimum Gasteiger partial charge on any atom is -0.289 e. The van der Waals surface area contributed by atoms with Gasteiger partial charge >= 0.3 is 0 Å². The molecule has 0 fully saturated rings. The summed E-state index contributed by atoms with van der Waals surface area (Å²) in [4.78, 5) is 11.9. The lowest BCUT2D eigenvalue weighted by Gasteiger charge is -2.08. The molecule has 0 amide bonds. The molecule has 0 unspecified atom stereocenters. The van der Waals surface area contributed by atoms with Gasteiger partial charge in [0, 0.05) is 34.7 Å². The van der Waals surface area contributed by atoms with E-state index in [1.54, 1.807) is 24.3 Å². The first kappa shape index (κ1) is 13.7. The predicted octanol–water partition coefficient (Wildman–Crippen LogP) is 4.70. The van der Waals surface area contributed by atoms with Gasteiger partial charge < -0.3 is 0 Å². The molecule has 2 nitrogen and oxygen atoms in total. The third-order valence-corrected chi connectivity index (χ3v) is 2.96. The van der Waals surface area contributed by atoms with Crippen molar-refractivity contribution >= 4 is 41.1 Å². The average molecular weight is 292 g/mol. The van der Waals surface area contributed by atoms with Crippen LogP contribution in [0.5, 0.6) is 0 Å². The molecule has 0 bridgehead atoms. The van der Waals surface area contributed by atoms with E-state index in [0.717, 1.165) is 9.50 Å². The van der Waals surface area contributed by atoms with Gasteiger partial charge in [-0.05, 0) is 18.2 Å². The number of halogens is 2. The van der Waals surface area contributed by atoms with Gasteiger partial charge in [-0.25, -0.2) is 0 Å². The molecular weight excluding hydrogens is 281 g/mol. The van der Waals surface area contributed by atoms with E-state index >= 15 is 0 Å². The number of anilines is 1.